The number of likely N-dealkylation sites (N-methyl/N-ethyl adjacent to an activating group) is 1. The molecule has 0 aromatic heterocycles. The Morgan fingerprint density at radius 1 is 1.53 bits per heavy atom. The van der Waals surface area contributed by atoms with Gasteiger partial charge in [0.05, 0.1) is 12.5 Å². The Kier molecular flexibility index (Phi) is 2.56. The highest BCUT2D eigenvalue weighted by Gasteiger charge is 2.32. The smallest absolute Gasteiger partial charge is 0.234 e. The Hall–Kier alpha value is -0.870. The summed E-state index contributed by atoms with van der Waals surface area (Å²) in [5.41, 5.74) is 2.73. The summed E-state index contributed by atoms with van der Waals surface area (Å²) in [5, 5.41) is 9.13. The molecular weight excluding hydrogens is 258 g/mol. The SMILES string of the molecule is CC1C(=O)N(C)c2cc(CO)c(Br)cc21. The second-order valence-corrected chi connectivity index (χ2v) is 4.63. The van der Waals surface area contributed by atoms with Crippen molar-refractivity contribution in [1.29, 1.82) is 0 Å². The van der Waals surface area contributed by atoms with E-state index in [9.17, 15) is 4.79 Å². The molecule has 0 saturated heterocycles. The van der Waals surface area contributed by atoms with Gasteiger partial charge in [-0.15, -0.1) is 0 Å². The lowest BCUT2D eigenvalue weighted by Gasteiger charge is -2.11. The van der Waals surface area contributed by atoms with Crippen molar-refractivity contribution >= 4 is 27.5 Å². The third-order valence-corrected chi connectivity index (χ3v) is 3.63. The van der Waals surface area contributed by atoms with E-state index in [0.717, 1.165) is 21.3 Å². The standard InChI is InChI=1S/C11H12BrNO2/c1-6-8-4-9(12)7(5-14)3-10(8)13(2)11(6)15/h3-4,6,14H,5H2,1-2H3. The second kappa shape index (κ2) is 3.61. The molecule has 0 radical (unpaired) electrons. The monoisotopic (exact) mass is 269 g/mol. The van der Waals surface area contributed by atoms with Gasteiger partial charge in [0.2, 0.25) is 5.91 Å². The van der Waals surface area contributed by atoms with Gasteiger partial charge < -0.3 is 10.0 Å². The minimum absolute atomic E-state index is 0.0235. The van der Waals surface area contributed by atoms with Gasteiger partial charge in [-0.25, -0.2) is 0 Å². The van der Waals surface area contributed by atoms with Crippen LogP contribution in [0.15, 0.2) is 16.6 Å². The summed E-state index contributed by atoms with van der Waals surface area (Å²) < 4.78 is 0.860. The van der Waals surface area contributed by atoms with Crippen molar-refractivity contribution in [2.75, 3.05) is 11.9 Å². The lowest BCUT2D eigenvalue weighted by atomic mass is 10.0. The predicted octanol–water partition coefficient (Wildman–Crippen LogP) is 2.02. The van der Waals surface area contributed by atoms with Crippen LogP contribution < -0.4 is 4.90 Å². The molecule has 1 unspecified atom stereocenters. The summed E-state index contributed by atoms with van der Waals surface area (Å²) in [6.45, 7) is 1.88. The van der Waals surface area contributed by atoms with Crippen LogP contribution in [0.25, 0.3) is 0 Å². The highest BCUT2D eigenvalue weighted by atomic mass is 79.9. The third-order valence-electron chi connectivity index (χ3n) is 2.89. The molecule has 0 saturated carbocycles. The molecule has 4 heteroatoms. The highest BCUT2D eigenvalue weighted by Crippen LogP contribution is 2.39. The first kappa shape index (κ1) is 10.6. The van der Waals surface area contributed by atoms with Crippen molar-refractivity contribution in [2.45, 2.75) is 19.4 Å². The zero-order chi connectivity index (χ0) is 11.2. The Balaban J connectivity index is 2.60. The van der Waals surface area contributed by atoms with Crippen molar-refractivity contribution in [2.24, 2.45) is 0 Å². The maximum Gasteiger partial charge on any atom is 0.234 e. The number of benzene rings is 1. The van der Waals surface area contributed by atoms with E-state index in [0.29, 0.717) is 0 Å². The van der Waals surface area contributed by atoms with Crippen LogP contribution in [-0.4, -0.2) is 18.1 Å². The van der Waals surface area contributed by atoms with E-state index in [1.807, 2.05) is 19.1 Å². The lowest BCUT2D eigenvalue weighted by Crippen LogP contribution is -2.22. The van der Waals surface area contributed by atoms with Gasteiger partial charge in [-0.05, 0) is 30.2 Å². The van der Waals surface area contributed by atoms with E-state index in [1.54, 1.807) is 11.9 Å². The van der Waals surface area contributed by atoms with E-state index in [-0.39, 0.29) is 18.4 Å². The largest absolute Gasteiger partial charge is 0.392 e. The number of aliphatic hydroxyl groups excluding tert-OH is 1. The summed E-state index contributed by atoms with van der Waals surface area (Å²) >= 11 is 3.39. The molecule has 2 rings (SSSR count). The van der Waals surface area contributed by atoms with E-state index in [1.165, 1.54) is 0 Å². The number of carbonyl (C=O) groups is 1. The van der Waals surface area contributed by atoms with Crippen LogP contribution in [-0.2, 0) is 11.4 Å². The molecule has 1 amide bonds. The highest BCUT2D eigenvalue weighted by molar-refractivity contribution is 9.10. The number of hydrogen-bond donors (Lipinski definition) is 1. The second-order valence-electron chi connectivity index (χ2n) is 3.78. The Labute approximate surface area is 96.8 Å². The number of amides is 1. The van der Waals surface area contributed by atoms with Crippen molar-refractivity contribution in [3.8, 4) is 0 Å². The van der Waals surface area contributed by atoms with E-state index in [4.69, 9.17) is 5.11 Å². The zero-order valence-electron chi connectivity index (χ0n) is 8.62. The minimum Gasteiger partial charge on any atom is -0.392 e. The Morgan fingerprint density at radius 2 is 2.20 bits per heavy atom. The normalized spacial score (nSPS) is 19.6. The number of halogens is 1. The number of anilines is 1. The topological polar surface area (TPSA) is 40.5 Å². The van der Waals surface area contributed by atoms with Crippen LogP contribution in [0, 0.1) is 0 Å². The van der Waals surface area contributed by atoms with Gasteiger partial charge in [-0.3, -0.25) is 4.79 Å². The van der Waals surface area contributed by atoms with Crippen molar-refractivity contribution < 1.29 is 9.90 Å². The number of fused-ring (bicyclic) bond motifs is 1. The molecular formula is C11H12BrNO2. The number of carbonyl (C=O) groups excluding carboxylic acids is 1. The molecule has 1 N–H and O–H groups in total. The van der Waals surface area contributed by atoms with Crippen molar-refractivity contribution in [3.05, 3.63) is 27.7 Å². The first-order valence-electron chi connectivity index (χ1n) is 4.77. The maximum absolute atomic E-state index is 11.7. The fourth-order valence-electron chi connectivity index (χ4n) is 1.92. The molecule has 1 aliphatic rings. The van der Waals surface area contributed by atoms with Gasteiger partial charge in [-0.1, -0.05) is 15.9 Å². The van der Waals surface area contributed by atoms with Crippen LogP contribution >= 0.6 is 15.9 Å². The van der Waals surface area contributed by atoms with Crippen LogP contribution in [0.4, 0.5) is 5.69 Å². The first-order chi connectivity index (χ1) is 7.06. The molecule has 0 aliphatic carbocycles. The van der Waals surface area contributed by atoms with Crippen LogP contribution in [0.2, 0.25) is 0 Å². The number of nitrogens with zero attached hydrogens (tertiary/aromatic N) is 1. The molecule has 0 bridgehead atoms. The number of hydrogen-bond acceptors (Lipinski definition) is 2. The molecule has 3 nitrogen and oxygen atoms in total. The lowest BCUT2D eigenvalue weighted by molar-refractivity contribution is -0.118. The average Bonchev–Trinajstić information content (AvgIpc) is 2.43. The minimum atomic E-state index is -0.0888. The summed E-state index contributed by atoms with van der Waals surface area (Å²) in [7, 11) is 1.76. The van der Waals surface area contributed by atoms with Crippen LogP contribution in [0.1, 0.15) is 24.0 Å². The van der Waals surface area contributed by atoms with Crippen molar-refractivity contribution in [1.82, 2.24) is 0 Å². The summed E-state index contributed by atoms with van der Waals surface area (Å²) in [6, 6.07) is 3.79. The predicted molar refractivity (Wildman–Crippen MR) is 61.9 cm³/mol. The molecule has 1 heterocycles. The van der Waals surface area contributed by atoms with Crippen LogP contribution in [0.3, 0.4) is 0 Å². The molecule has 80 valence electrons. The summed E-state index contributed by atoms with van der Waals surface area (Å²) in [4.78, 5) is 13.4. The van der Waals surface area contributed by atoms with Gasteiger partial charge in [0, 0.05) is 17.2 Å². The molecule has 1 aromatic carbocycles. The molecule has 1 aromatic rings. The van der Waals surface area contributed by atoms with E-state index < -0.39 is 0 Å². The van der Waals surface area contributed by atoms with Crippen LogP contribution in [0.5, 0.6) is 0 Å². The third kappa shape index (κ3) is 1.48. The molecule has 1 atom stereocenters. The number of aliphatic hydroxyl groups is 1. The number of rotatable bonds is 1. The zero-order valence-corrected chi connectivity index (χ0v) is 10.2. The van der Waals surface area contributed by atoms with E-state index in [2.05, 4.69) is 15.9 Å². The molecule has 15 heavy (non-hydrogen) atoms. The first-order valence-corrected chi connectivity index (χ1v) is 5.56. The fraction of sp³-hybridized carbons (Fsp3) is 0.364. The van der Waals surface area contributed by atoms with Gasteiger partial charge in [-0.2, -0.15) is 0 Å². The maximum atomic E-state index is 11.7. The average molecular weight is 270 g/mol. The summed E-state index contributed by atoms with van der Waals surface area (Å²) in [6.07, 6.45) is 0. The molecule has 0 spiro atoms. The van der Waals surface area contributed by atoms with Crippen molar-refractivity contribution in [3.63, 3.8) is 0 Å². The van der Waals surface area contributed by atoms with E-state index >= 15 is 0 Å². The quantitative estimate of drug-likeness (QED) is 0.848. The fourth-order valence-corrected chi connectivity index (χ4v) is 2.41. The molecule has 1 aliphatic heterocycles. The van der Waals surface area contributed by atoms with Gasteiger partial charge in [0.25, 0.3) is 0 Å². The molecule has 0 fully saturated rings. The Bertz CT molecular complexity index is 431. The van der Waals surface area contributed by atoms with Gasteiger partial charge in [0.15, 0.2) is 0 Å². The van der Waals surface area contributed by atoms with Gasteiger partial charge in [0.1, 0.15) is 0 Å². The van der Waals surface area contributed by atoms with Gasteiger partial charge >= 0.3 is 0 Å². The Morgan fingerprint density at radius 3 is 2.80 bits per heavy atom. The summed E-state index contributed by atoms with van der Waals surface area (Å²) in [5.74, 6) is 0.0148.